The predicted molar refractivity (Wildman–Crippen MR) is 103 cm³/mol. The van der Waals surface area contributed by atoms with Crippen molar-refractivity contribution in [3.8, 4) is 11.3 Å². The Morgan fingerprint density at radius 1 is 1.07 bits per heavy atom. The van der Waals surface area contributed by atoms with Gasteiger partial charge in [-0.15, -0.1) is 0 Å². The molecular formula is C22H17F2N3O2. The lowest BCUT2D eigenvalue weighted by Crippen LogP contribution is -2.30. The molecule has 0 saturated carbocycles. The number of nitrogens with zero attached hydrogens (tertiary/aromatic N) is 2. The van der Waals surface area contributed by atoms with Gasteiger partial charge < -0.3 is 14.3 Å². The number of benzene rings is 2. The first-order valence-corrected chi connectivity index (χ1v) is 8.91. The van der Waals surface area contributed by atoms with E-state index in [1.54, 1.807) is 60.4 Å². The molecule has 0 aliphatic rings. The Morgan fingerprint density at radius 3 is 2.52 bits per heavy atom. The highest BCUT2D eigenvalue weighted by Crippen LogP contribution is 2.26. The van der Waals surface area contributed by atoms with E-state index in [1.807, 2.05) is 0 Å². The molecule has 2 aromatic heterocycles. The van der Waals surface area contributed by atoms with Crippen LogP contribution in [-0.4, -0.2) is 15.5 Å². The SMILES string of the molecule is Cn1ccnc1C(NC(=O)c1ccc(-c2ccccc2F)o1)c1ccc(F)cc1. The van der Waals surface area contributed by atoms with Gasteiger partial charge in [0.2, 0.25) is 0 Å². The number of aromatic nitrogens is 2. The highest BCUT2D eigenvalue weighted by Gasteiger charge is 2.23. The number of hydrogen-bond donors (Lipinski definition) is 1. The summed E-state index contributed by atoms with van der Waals surface area (Å²) >= 11 is 0. The molecule has 146 valence electrons. The van der Waals surface area contributed by atoms with Gasteiger partial charge in [-0.3, -0.25) is 4.79 Å². The minimum absolute atomic E-state index is 0.0320. The Labute approximate surface area is 165 Å². The summed E-state index contributed by atoms with van der Waals surface area (Å²) in [5.74, 6) is -0.450. The van der Waals surface area contributed by atoms with Crippen LogP contribution in [0.4, 0.5) is 8.78 Å². The number of imidazole rings is 1. The van der Waals surface area contributed by atoms with Gasteiger partial charge in [0, 0.05) is 19.4 Å². The second-order valence-corrected chi connectivity index (χ2v) is 6.50. The predicted octanol–water partition coefficient (Wildman–Crippen LogP) is 4.48. The molecule has 1 N–H and O–H groups in total. The van der Waals surface area contributed by atoms with Crippen LogP contribution in [0, 0.1) is 11.6 Å². The second-order valence-electron chi connectivity index (χ2n) is 6.50. The van der Waals surface area contributed by atoms with Crippen molar-refractivity contribution in [2.75, 3.05) is 0 Å². The van der Waals surface area contributed by atoms with Crippen molar-refractivity contribution < 1.29 is 18.0 Å². The summed E-state index contributed by atoms with van der Waals surface area (Å²) in [5.41, 5.74) is 0.931. The number of amides is 1. The lowest BCUT2D eigenvalue weighted by Gasteiger charge is -2.18. The molecule has 1 unspecified atom stereocenters. The van der Waals surface area contributed by atoms with Crippen molar-refractivity contribution in [1.82, 2.24) is 14.9 Å². The van der Waals surface area contributed by atoms with Gasteiger partial charge in [0.25, 0.3) is 5.91 Å². The summed E-state index contributed by atoms with van der Waals surface area (Å²) in [5, 5.41) is 2.86. The Morgan fingerprint density at radius 2 is 1.83 bits per heavy atom. The Kier molecular flexibility index (Phi) is 4.95. The third-order valence-electron chi connectivity index (χ3n) is 4.56. The third kappa shape index (κ3) is 3.80. The average molecular weight is 393 g/mol. The van der Waals surface area contributed by atoms with Crippen LogP contribution < -0.4 is 5.32 Å². The Balaban J connectivity index is 1.63. The van der Waals surface area contributed by atoms with E-state index in [9.17, 15) is 13.6 Å². The van der Waals surface area contributed by atoms with Crippen LogP contribution in [0.3, 0.4) is 0 Å². The zero-order valence-electron chi connectivity index (χ0n) is 15.5. The van der Waals surface area contributed by atoms with Gasteiger partial charge in [-0.25, -0.2) is 13.8 Å². The van der Waals surface area contributed by atoms with E-state index in [0.717, 1.165) is 0 Å². The molecule has 0 aliphatic heterocycles. The molecule has 29 heavy (non-hydrogen) atoms. The first kappa shape index (κ1) is 18.6. The lowest BCUT2D eigenvalue weighted by atomic mass is 10.1. The van der Waals surface area contributed by atoms with E-state index in [4.69, 9.17) is 4.42 Å². The summed E-state index contributed by atoms with van der Waals surface area (Å²) < 4.78 is 34.7. The zero-order valence-corrected chi connectivity index (χ0v) is 15.5. The van der Waals surface area contributed by atoms with Crippen molar-refractivity contribution in [3.63, 3.8) is 0 Å². The number of halogens is 2. The van der Waals surface area contributed by atoms with Crippen molar-refractivity contribution in [1.29, 1.82) is 0 Å². The quantitative estimate of drug-likeness (QED) is 0.544. The van der Waals surface area contributed by atoms with Gasteiger partial charge in [-0.1, -0.05) is 24.3 Å². The molecule has 1 atom stereocenters. The van der Waals surface area contributed by atoms with Gasteiger partial charge in [0.15, 0.2) is 5.76 Å². The molecule has 2 heterocycles. The number of furan rings is 1. The summed E-state index contributed by atoms with van der Waals surface area (Å²) in [6.45, 7) is 0. The normalized spacial score (nSPS) is 12.0. The summed E-state index contributed by atoms with van der Waals surface area (Å²) in [6.07, 6.45) is 3.36. The molecule has 2 aromatic carbocycles. The van der Waals surface area contributed by atoms with Crippen LogP contribution in [0.2, 0.25) is 0 Å². The molecular weight excluding hydrogens is 376 g/mol. The first-order valence-electron chi connectivity index (χ1n) is 8.91. The molecule has 0 aliphatic carbocycles. The molecule has 0 radical (unpaired) electrons. The molecule has 0 spiro atoms. The fraction of sp³-hybridized carbons (Fsp3) is 0.0909. The van der Waals surface area contributed by atoms with Crippen molar-refractivity contribution in [3.05, 3.63) is 102 Å². The van der Waals surface area contributed by atoms with Gasteiger partial charge in [0.1, 0.15) is 29.3 Å². The van der Waals surface area contributed by atoms with Gasteiger partial charge in [-0.2, -0.15) is 0 Å². The number of aryl methyl sites for hydroxylation is 1. The maximum Gasteiger partial charge on any atom is 0.287 e. The zero-order chi connectivity index (χ0) is 20.4. The van der Waals surface area contributed by atoms with Crippen LogP contribution in [-0.2, 0) is 7.05 Å². The maximum atomic E-state index is 14.0. The number of carbonyl (C=O) groups excluding carboxylic acids is 1. The standard InChI is InChI=1S/C22H17F2N3O2/c1-27-13-12-25-21(27)20(14-6-8-15(23)9-7-14)26-22(28)19-11-10-18(29-19)16-4-2-3-5-17(16)24/h2-13,20H,1H3,(H,26,28). The lowest BCUT2D eigenvalue weighted by molar-refractivity contribution is 0.0914. The third-order valence-corrected chi connectivity index (χ3v) is 4.56. The molecule has 1 amide bonds. The topological polar surface area (TPSA) is 60.1 Å². The first-order chi connectivity index (χ1) is 14.0. The van der Waals surface area contributed by atoms with Gasteiger partial charge in [-0.05, 0) is 42.0 Å². The monoisotopic (exact) mass is 393 g/mol. The Hall–Kier alpha value is -3.74. The van der Waals surface area contributed by atoms with E-state index >= 15 is 0 Å². The molecule has 7 heteroatoms. The van der Waals surface area contributed by atoms with E-state index in [-0.39, 0.29) is 22.9 Å². The van der Waals surface area contributed by atoms with Crippen LogP contribution in [0.1, 0.15) is 28.0 Å². The number of rotatable bonds is 5. The van der Waals surface area contributed by atoms with Gasteiger partial charge >= 0.3 is 0 Å². The van der Waals surface area contributed by atoms with Crippen molar-refractivity contribution in [2.24, 2.45) is 7.05 Å². The van der Waals surface area contributed by atoms with Gasteiger partial charge in [0.05, 0.1) is 5.56 Å². The minimum atomic E-state index is -0.620. The van der Waals surface area contributed by atoms with Crippen LogP contribution in [0.25, 0.3) is 11.3 Å². The summed E-state index contributed by atoms with van der Waals surface area (Å²) in [6, 6.07) is 14.4. The summed E-state index contributed by atoms with van der Waals surface area (Å²) in [7, 11) is 1.80. The van der Waals surface area contributed by atoms with Crippen LogP contribution in [0.5, 0.6) is 0 Å². The number of hydrogen-bond acceptors (Lipinski definition) is 3. The van der Waals surface area contributed by atoms with E-state index in [0.29, 0.717) is 11.4 Å². The van der Waals surface area contributed by atoms with Crippen molar-refractivity contribution in [2.45, 2.75) is 6.04 Å². The highest BCUT2D eigenvalue weighted by atomic mass is 19.1. The minimum Gasteiger partial charge on any atom is -0.451 e. The molecule has 0 bridgehead atoms. The smallest absolute Gasteiger partial charge is 0.287 e. The number of carbonyl (C=O) groups is 1. The van der Waals surface area contributed by atoms with Crippen molar-refractivity contribution >= 4 is 5.91 Å². The number of nitrogens with one attached hydrogen (secondary N) is 1. The fourth-order valence-corrected chi connectivity index (χ4v) is 3.08. The van der Waals surface area contributed by atoms with Crippen LogP contribution in [0.15, 0.2) is 77.5 Å². The molecule has 0 fully saturated rings. The molecule has 4 rings (SSSR count). The van der Waals surface area contributed by atoms with Crippen LogP contribution >= 0.6 is 0 Å². The largest absolute Gasteiger partial charge is 0.451 e. The summed E-state index contributed by atoms with van der Waals surface area (Å²) in [4.78, 5) is 17.1. The highest BCUT2D eigenvalue weighted by molar-refractivity contribution is 5.92. The maximum absolute atomic E-state index is 14.0. The molecule has 4 aromatic rings. The van der Waals surface area contributed by atoms with E-state index < -0.39 is 17.8 Å². The Bertz CT molecular complexity index is 1150. The molecule has 0 saturated heterocycles. The molecule has 5 nitrogen and oxygen atoms in total. The average Bonchev–Trinajstić information content (AvgIpc) is 3.37. The van der Waals surface area contributed by atoms with E-state index in [2.05, 4.69) is 10.3 Å². The fourth-order valence-electron chi connectivity index (χ4n) is 3.08. The second kappa shape index (κ2) is 7.71. The van der Waals surface area contributed by atoms with E-state index in [1.165, 1.54) is 24.3 Å².